The first kappa shape index (κ1) is 11.4. The second-order valence-electron chi connectivity index (χ2n) is 3.71. The third kappa shape index (κ3) is 2.81. The summed E-state index contributed by atoms with van der Waals surface area (Å²) in [6, 6.07) is 0. The van der Waals surface area contributed by atoms with Crippen molar-refractivity contribution in [3.63, 3.8) is 0 Å². The van der Waals surface area contributed by atoms with Gasteiger partial charge in [-0.05, 0) is 19.8 Å². The Morgan fingerprint density at radius 1 is 1.42 bits per heavy atom. The summed E-state index contributed by atoms with van der Waals surface area (Å²) >= 11 is 0. The quantitative estimate of drug-likeness (QED) is 0.481. The SMILES string of the molecule is COCOC(=O)C(C)(C)C(C)C. The highest BCUT2D eigenvalue weighted by molar-refractivity contribution is 5.76. The molecule has 0 fully saturated rings. The molecule has 0 aromatic rings. The topological polar surface area (TPSA) is 35.5 Å². The molecule has 0 bridgehead atoms. The lowest BCUT2D eigenvalue weighted by atomic mass is 9.81. The van der Waals surface area contributed by atoms with Crippen LogP contribution in [0, 0.1) is 11.3 Å². The third-order valence-electron chi connectivity index (χ3n) is 2.28. The number of hydrogen-bond donors (Lipinski definition) is 0. The molecule has 0 aliphatic heterocycles. The van der Waals surface area contributed by atoms with Gasteiger partial charge in [0.25, 0.3) is 0 Å². The highest BCUT2D eigenvalue weighted by atomic mass is 16.7. The maximum Gasteiger partial charge on any atom is 0.313 e. The summed E-state index contributed by atoms with van der Waals surface area (Å²) in [4.78, 5) is 11.4. The molecule has 0 heterocycles. The lowest BCUT2D eigenvalue weighted by Gasteiger charge is -2.26. The molecular formula is C9H18O3. The van der Waals surface area contributed by atoms with Crippen molar-refractivity contribution in [1.82, 2.24) is 0 Å². The Labute approximate surface area is 74.0 Å². The number of rotatable bonds is 4. The van der Waals surface area contributed by atoms with Gasteiger partial charge in [-0.2, -0.15) is 0 Å². The molecule has 12 heavy (non-hydrogen) atoms. The van der Waals surface area contributed by atoms with E-state index in [4.69, 9.17) is 4.74 Å². The molecular weight excluding hydrogens is 156 g/mol. The molecule has 3 heteroatoms. The smallest absolute Gasteiger partial charge is 0.313 e. The Morgan fingerprint density at radius 2 is 1.92 bits per heavy atom. The Kier molecular flexibility index (Phi) is 4.24. The van der Waals surface area contributed by atoms with Gasteiger partial charge in [0, 0.05) is 7.11 Å². The first-order valence-corrected chi connectivity index (χ1v) is 4.09. The lowest BCUT2D eigenvalue weighted by Crippen LogP contribution is -2.32. The van der Waals surface area contributed by atoms with Gasteiger partial charge in [0.2, 0.25) is 0 Å². The molecule has 0 aromatic heterocycles. The van der Waals surface area contributed by atoms with Crippen molar-refractivity contribution in [2.75, 3.05) is 13.9 Å². The van der Waals surface area contributed by atoms with Crippen LogP contribution in [-0.2, 0) is 14.3 Å². The van der Waals surface area contributed by atoms with E-state index in [9.17, 15) is 4.79 Å². The summed E-state index contributed by atoms with van der Waals surface area (Å²) in [6.45, 7) is 7.77. The van der Waals surface area contributed by atoms with Crippen molar-refractivity contribution >= 4 is 5.97 Å². The maximum atomic E-state index is 11.4. The fourth-order valence-electron chi connectivity index (χ4n) is 0.534. The van der Waals surface area contributed by atoms with Gasteiger partial charge in [-0.1, -0.05) is 13.8 Å². The normalized spacial score (nSPS) is 11.8. The zero-order valence-corrected chi connectivity index (χ0v) is 8.51. The van der Waals surface area contributed by atoms with Gasteiger partial charge >= 0.3 is 5.97 Å². The Balaban J connectivity index is 4.07. The second-order valence-corrected chi connectivity index (χ2v) is 3.71. The van der Waals surface area contributed by atoms with Crippen LogP contribution in [0.1, 0.15) is 27.7 Å². The monoisotopic (exact) mass is 174 g/mol. The average molecular weight is 174 g/mol. The molecule has 0 rings (SSSR count). The van der Waals surface area contributed by atoms with Gasteiger partial charge in [-0.15, -0.1) is 0 Å². The van der Waals surface area contributed by atoms with Crippen molar-refractivity contribution < 1.29 is 14.3 Å². The average Bonchev–Trinajstić information content (AvgIpc) is 1.99. The lowest BCUT2D eigenvalue weighted by molar-refractivity contribution is -0.167. The first-order valence-electron chi connectivity index (χ1n) is 4.09. The first-order chi connectivity index (χ1) is 5.42. The van der Waals surface area contributed by atoms with Crippen LogP contribution in [0.4, 0.5) is 0 Å². The van der Waals surface area contributed by atoms with Crippen LogP contribution in [0.2, 0.25) is 0 Å². The highest BCUT2D eigenvalue weighted by Gasteiger charge is 2.32. The number of methoxy groups -OCH3 is 1. The molecule has 0 aromatic carbocycles. The van der Waals surface area contributed by atoms with Crippen LogP contribution in [-0.4, -0.2) is 19.9 Å². The Morgan fingerprint density at radius 3 is 2.25 bits per heavy atom. The molecule has 0 aliphatic rings. The molecule has 0 atom stereocenters. The summed E-state index contributed by atoms with van der Waals surface area (Å²) < 4.78 is 9.50. The third-order valence-corrected chi connectivity index (χ3v) is 2.28. The van der Waals surface area contributed by atoms with Crippen LogP contribution in [0.15, 0.2) is 0 Å². The fourth-order valence-corrected chi connectivity index (χ4v) is 0.534. The molecule has 0 spiro atoms. The van der Waals surface area contributed by atoms with E-state index < -0.39 is 5.41 Å². The zero-order chi connectivity index (χ0) is 9.78. The minimum absolute atomic E-state index is 0.0367. The molecule has 0 aliphatic carbocycles. The molecule has 0 N–H and O–H groups in total. The second kappa shape index (κ2) is 4.45. The van der Waals surface area contributed by atoms with Crippen molar-refractivity contribution in [2.45, 2.75) is 27.7 Å². The summed E-state index contributed by atoms with van der Waals surface area (Å²) in [5, 5.41) is 0. The minimum atomic E-state index is -0.432. The van der Waals surface area contributed by atoms with Gasteiger partial charge in [0.05, 0.1) is 5.41 Å². The predicted octanol–water partition coefficient (Wildman–Crippen LogP) is 1.82. The van der Waals surface area contributed by atoms with E-state index >= 15 is 0 Å². The molecule has 0 radical (unpaired) electrons. The van der Waals surface area contributed by atoms with Crippen LogP contribution in [0.25, 0.3) is 0 Å². The summed E-state index contributed by atoms with van der Waals surface area (Å²) in [5.41, 5.74) is -0.432. The number of carbonyl (C=O) groups is 1. The van der Waals surface area contributed by atoms with Crippen LogP contribution >= 0.6 is 0 Å². The van der Waals surface area contributed by atoms with Gasteiger partial charge < -0.3 is 9.47 Å². The Hall–Kier alpha value is -0.570. The van der Waals surface area contributed by atoms with Crippen molar-refractivity contribution in [3.05, 3.63) is 0 Å². The van der Waals surface area contributed by atoms with Gasteiger partial charge in [0.1, 0.15) is 0 Å². The fraction of sp³-hybridized carbons (Fsp3) is 0.889. The van der Waals surface area contributed by atoms with Gasteiger partial charge in [0.15, 0.2) is 6.79 Å². The maximum absolute atomic E-state index is 11.4. The van der Waals surface area contributed by atoms with Gasteiger partial charge in [-0.3, -0.25) is 4.79 Å². The zero-order valence-electron chi connectivity index (χ0n) is 8.51. The molecule has 72 valence electrons. The molecule has 0 amide bonds. The van der Waals surface area contributed by atoms with Crippen molar-refractivity contribution in [2.24, 2.45) is 11.3 Å². The van der Waals surface area contributed by atoms with E-state index in [0.29, 0.717) is 0 Å². The Bertz CT molecular complexity index is 150. The highest BCUT2D eigenvalue weighted by Crippen LogP contribution is 2.27. The van der Waals surface area contributed by atoms with Crippen molar-refractivity contribution in [1.29, 1.82) is 0 Å². The number of hydrogen-bond acceptors (Lipinski definition) is 3. The summed E-state index contributed by atoms with van der Waals surface area (Å²) in [7, 11) is 1.50. The summed E-state index contributed by atoms with van der Waals surface area (Å²) in [5.74, 6) is 0.0567. The molecule has 0 saturated carbocycles. The van der Waals surface area contributed by atoms with Crippen LogP contribution < -0.4 is 0 Å². The summed E-state index contributed by atoms with van der Waals surface area (Å²) in [6.07, 6.45) is 0. The molecule has 0 saturated heterocycles. The van der Waals surface area contributed by atoms with Crippen LogP contribution in [0.5, 0.6) is 0 Å². The largest absolute Gasteiger partial charge is 0.438 e. The van der Waals surface area contributed by atoms with Crippen LogP contribution in [0.3, 0.4) is 0 Å². The van der Waals surface area contributed by atoms with E-state index in [0.717, 1.165) is 0 Å². The van der Waals surface area contributed by atoms with E-state index in [-0.39, 0.29) is 18.7 Å². The standard InChI is InChI=1S/C9H18O3/c1-7(2)9(3,4)8(10)12-6-11-5/h7H,6H2,1-5H3. The molecule has 0 unspecified atom stereocenters. The van der Waals surface area contributed by atoms with E-state index in [1.54, 1.807) is 0 Å². The number of ether oxygens (including phenoxy) is 2. The number of carbonyl (C=O) groups excluding carboxylic acids is 1. The molecule has 3 nitrogen and oxygen atoms in total. The number of esters is 1. The van der Waals surface area contributed by atoms with E-state index in [2.05, 4.69) is 4.74 Å². The van der Waals surface area contributed by atoms with E-state index in [1.165, 1.54) is 7.11 Å². The predicted molar refractivity (Wildman–Crippen MR) is 46.6 cm³/mol. The van der Waals surface area contributed by atoms with Gasteiger partial charge in [-0.25, -0.2) is 0 Å². The van der Waals surface area contributed by atoms with Crippen molar-refractivity contribution in [3.8, 4) is 0 Å². The minimum Gasteiger partial charge on any atom is -0.438 e. The van der Waals surface area contributed by atoms with E-state index in [1.807, 2.05) is 27.7 Å².